The minimum atomic E-state index is -0.0718. The Kier molecular flexibility index (Phi) is 5.74. The van der Waals surface area contributed by atoms with Crippen molar-refractivity contribution >= 4 is 5.91 Å². The molecule has 1 amide bonds. The lowest BCUT2D eigenvalue weighted by Crippen LogP contribution is -2.41. The zero-order valence-electron chi connectivity index (χ0n) is 12.4. The van der Waals surface area contributed by atoms with Gasteiger partial charge in [-0.1, -0.05) is 0 Å². The topological polar surface area (TPSA) is 82.6 Å². The Morgan fingerprint density at radius 3 is 2.48 bits per heavy atom. The fraction of sp³-hybridized carbons (Fsp3) is 0.643. The van der Waals surface area contributed by atoms with Gasteiger partial charge < -0.3 is 19.5 Å². The number of rotatable bonds is 6. The number of aromatic nitrogens is 2. The van der Waals surface area contributed by atoms with Crippen molar-refractivity contribution in [3.05, 3.63) is 12.4 Å². The highest BCUT2D eigenvalue weighted by molar-refractivity contribution is 5.77. The second-order valence-electron chi connectivity index (χ2n) is 4.96. The van der Waals surface area contributed by atoms with Crippen LogP contribution in [0.3, 0.4) is 0 Å². The SMILES string of the molecule is COCC(=O)NC1CCC(Oc2nccnc2OC)CC1. The van der Waals surface area contributed by atoms with Crippen LogP contribution in [0.25, 0.3) is 0 Å². The third-order valence-corrected chi connectivity index (χ3v) is 3.42. The van der Waals surface area contributed by atoms with Gasteiger partial charge in [-0.05, 0) is 25.7 Å². The standard InChI is InChI=1S/C14H21N3O4/c1-19-9-12(18)17-10-3-5-11(6-4-10)21-14-13(20-2)15-7-8-16-14/h7-8,10-11H,3-6,9H2,1-2H3,(H,17,18). The van der Waals surface area contributed by atoms with Crippen LogP contribution >= 0.6 is 0 Å². The molecule has 1 N–H and O–H groups in total. The van der Waals surface area contributed by atoms with Gasteiger partial charge in [0.15, 0.2) is 0 Å². The molecule has 7 heteroatoms. The summed E-state index contributed by atoms with van der Waals surface area (Å²) in [5.41, 5.74) is 0. The van der Waals surface area contributed by atoms with Crippen LogP contribution in [-0.4, -0.2) is 48.8 Å². The second kappa shape index (κ2) is 7.78. The van der Waals surface area contributed by atoms with Gasteiger partial charge in [0.05, 0.1) is 7.11 Å². The molecule has 1 aliphatic rings. The van der Waals surface area contributed by atoms with E-state index in [0.29, 0.717) is 11.8 Å². The molecule has 1 fully saturated rings. The summed E-state index contributed by atoms with van der Waals surface area (Å²) in [6.45, 7) is 0.104. The Morgan fingerprint density at radius 2 is 1.86 bits per heavy atom. The molecule has 1 heterocycles. The molecule has 116 valence electrons. The molecule has 21 heavy (non-hydrogen) atoms. The van der Waals surface area contributed by atoms with Crippen molar-refractivity contribution < 1.29 is 19.0 Å². The third-order valence-electron chi connectivity index (χ3n) is 3.42. The maximum absolute atomic E-state index is 11.5. The summed E-state index contributed by atoms with van der Waals surface area (Å²) in [5.74, 6) is 0.748. The molecule has 0 aliphatic heterocycles. The average Bonchev–Trinajstić information content (AvgIpc) is 2.50. The minimum Gasteiger partial charge on any atom is -0.477 e. The lowest BCUT2D eigenvalue weighted by molar-refractivity contribution is -0.125. The lowest BCUT2D eigenvalue weighted by Gasteiger charge is -2.29. The van der Waals surface area contributed by atoms with Crippen LogP contribution in [0.1, 0.15) is 25.7 Å². The van der Waals surface area contributed by atoms with E-state index >= 15 is 0 Å². The third kappa shape index (κ3) is 4.56. The number of ether oxygens (including phenoxy) is 3. The summed E-state index contributed by atoms with van der Waals surface area (Å²) in [7, 11) is 3.05. The van der Waals surface area contributed by atoms with Crippen LogP contribution in [-0.2, 0) is 9.53 Å². The van der Waals surface area contributed by atoms with Crippen LogP contribution in [0.2, 0.25) is 0 Å². The Morgan fingerprint density at radius 1 is 1.19 bits per heavy atom. The van der Waals surface area contributed by atoms with Crippen LogP contribution in [0.4, 0.5) is 0 Å². The average molecular weight is 295 g/mol. The van der Waals surface area contributed by atoms with Crippen molar-refractivity contribution in [2.75, 3.05) is 20.8 Å². The number of hydrogen-bond donors (Lipinski definition) is 1. The van der Waals surface area contributed by atoms with Crippen molar-refractivity contribution in [3.8, 4) is 11.8 Å². The van der Waals surface area contributed by atoms with E-state index in [2.05, 4.69) is 15.3 Å². The van der Waals surface area contributed by atoms with Gasteiger partial charge >= 0.3 is 0 Å². The first-order valence-electron chi connectivity index (χ1n) is 7.03. The molecule has 1 aliphatic carbocycles. The van der Waals surface area contributed by atoms with E-state index < -0.39 is 0 Å². The van der Waals surface area contributed by atoms with Crippen molar-refractivity contribution in [2.24, 2.45) is 0 Å². The molecule has 7 nitrogen and oxygen atoms in total. The smallest absolute Gasteiger partial charge is 0.278 e. The van der Waals surface area contributed by atoms with E-state index in [4.69, 9.17) is 14.2 Å². The van der Waals surface area contributed by atoms with Crippen LogP contribution < -0.4 is 14.8 Å². The van der Waals surface area contributed by atoms with E-state index in [-0.39, 0.29) is 24.7 Å². The van der Waals surface area contributed by atoms with Crippen molar-refractivity contribution in [3.63, 3.8) is 0 Å². The molecular formula is C14H21N3O4. The summed E-state index contributed by atoms with van der Waals surface area (Å²) in [5, 5.41) is 2.95. The first-order valence-corrected chi connectivity index (χ1v) is 7.03. The first kappa shape index (κ1) is 15.5. The molecule has 0 bridgehead atoms. The van der Waals surface area contributed by atoms with E-state index in [1.54, 1.807) is 19.5 Å². The van der Waals surface area contributed by atoms with Crippen molar-refractivity contribution in [1.29, 1.82) is 0 Å². The molecule has 0 atom stereocenters. The molecule has 0 spiro atoms. The van der Waals surface area contributed by atoms with Crippen LogP contribution in [0.15, 0.2) is 12.4 Å². The lowest BCUT2D eigenvalue weighted by atomic mass is 9.93. The Labute approximate surface area is 124 Å². The number of amides is 1. The zero-order chi connectivity index (χ0) is 15.1. The summed E-state index contributed by atoms with van der Waals surface area (Å²) in [6.07, 6.45) is 6.69. The van der Waals surface area contributed by atoms with Gasteiger partial charge in [-0.25, -0.2) is 9.97 Å². The van der Waals surface area contributed by atoms with Crippen molar-refractivity contribution in [1.82, 2.24) is 15.3 Å². The van der Waals surface area contributed by atoms with Gasteiger partial charge in [-0.3, -0.25) is 4.79 Å². The minimum absolute atomic E-state index is 0.0718. The zero-order valence-corrected chi connectivity index (χ0v) is 12.4. The van der Waals surface area contributed by atoms with E-state index in [0.717, 1.165) is 25.7 Å². The number of hydrogen-bond acceptors (Lipinski definition) is 6. The summed E-state index contributed by atoms with van der Waals surface area (Å²) in [6, 6.07) is 0.191. The van der Waals surface area contributed by atoms with Gasteiger partial charge in [0.2, 0.25) is 5.91 Å². The number of carbonyl (C=O) groups is 1. The van der Waals surface area contributed by atoms with E-state index in [9.17, 15) is 4.79 Å². The Hall–Kier alpha value is -1.89. The largest absolute Gasteiger partial charge is 0.477 e. The molecule has 1 aromatic rings. The molecular weight excluding hydrogens is 274 g/mol. The highest BCUT2D eigenvalue weighted by atomic mass is 16.5. The number of carbonyl (C=O) groups excluding carboxylic acids is 1. The Balaban J connectivity index is 1.80. The fourth-order valence-electron chi connectivity index (χ4n) is 2.42. The fourth-order valence-corrected chi connectivity index (χ4v) is 2.42. The molecule has 1 saturated carbocycles. The predicted octanol–water partition coefficient (Wildman–Crippen LogP) is 0.938. The van der Waals surface area contributed by atoms with E-state index in [1.165, 1.54) is 7.11 Å². The predicted molar refractivity (Wildman–Crippen MR) is 75.3 cm³/mol. The maximum Gasteiger partial charge on any atom is 0.278 e. The second-order valence-corrected chi connectivity index (χ2v) is 4.96. The molecule has 2 rings (SSSR count). The summed E-state index contributed by atoms with van der Waals surface area (Å²) >= 11 is 0. The molecule has 0 aromatic carbocycles. The quantitative estimate of drug-likeness (QED) is 0.841. The summed E-state index contributed by atoms with van der Waals surface area (Å²) < 4.78 is 15.8. The van der Waals surface area contributed by atoms with Gasteiger partial charge in [-0.15, -0.1) is 0 Å². The normalized spacial score (nSPS) is 21.6. The monoisotopic (exact) mass is 295 g/mol. The number of methoxy groups -OCH3 is 2. The van der Waals surface area contributed by atoms with Crippen LogP contribution in [0.5, 0.6) is 11.8 Å². The maximum atomic E-state index is 11.5. The Bertz CT molecular complexity index is 461. The van der Waals surface area contributed by atoms with Crippen molar-refractivity contribution in [2.45, 2.75) is 37.8 Å². The molecule has 1 aromatic heterocycles. The van der Waals surface area contributed by atoms with Crippen LogP contribution in [0, 0.1) is 0 Å². The number of nitrogens with zero attached hydrogens (tertiary/aromatic N) is 2. The molecule has 0 radical (unpaired) electrons. The van der Waals surface area contributed by atoms with Gasteiger partial charge in [-0.2, -0.15) is 0 Å². The first-order chi connectivity index (χ1) is 10.2. The summed E-state index contributed by atoms with van der Waals surface area (Å²) in [4.78, 5) is 19.7. The van der Waals surface area contributed by atoms with Gasteiger partial charge in [0.25, 0.3) is 11.8 Å². The van der Waals surface area contributed by atoms with Gasteiger partial charge in [0.1, 0.15) is 12.7 Å². The molecule has 0 saturated heterocycles. The highest BCUT2D eigenvalue weighted by Crippen LogP contribution is 2.27. The van der Waals surface area contributed by atoms with Gasteiger partial charge in [0, 0.05) is 25.5 Å². The number of nitrogens with one attached hydrogen (secondary N) is 1. The molecule has 0 unspecified atom stereocenters. The highest BCUT2D eigenvalue weighted by Gasteiger charge is 2.24. The van der Waals surface area contributed by atoms with E-state index in [1.807, 2.05) is 0 Å².